The van der Waals surface area contributed by atoms with Gasteiger partial charge in [-0.25, -0.2) is 4.68 Å². The van der Waals surface area contributed by atoms with Crippen molar-refractivity contribution in [2.75, 3.05) is 5.32 Å². The number of rotatable bonds is 3. The summed E-state index contributed by atoms with van der Waals surface area (Å²) in [5.41, 5.74) is 2.26. The Labute approximate surface area is 133 Å². The Morgan fingerprint density at radius 2 is 1.77 bits per heavy atom. The van der Waals surface area contributed by atoms with Crippen molar-refractivity contribution >= 4 is 23.3 Å². The van der Waals surface area contributed by atoms with Crippen molar-refractivity contribution < 1.29 is 4.79 Å². The molecule has 1 aromatic heterocycles. The summed E-state index contributed by atoms with van der Waals surface area (Å²) in [7, 11) is 0. The van der Waals surface area contributed by atoms with Crippen molar-refractivity contribution in [1.82, 2.24) is 9.78 Å². The molecule has 0 spiro atoms. The number of aromatic nitrogens is 2. The molecule has 0 aliphatic heterocycles. The second-order valence-electron chi connectivity index (χ2n) is 4.88. The molecule has 4 nitrogen and oxygen atoms in total. The fourth-order valence-electron chi connectivity index (χ4n) is 2.14. The minimum Gasteiger partial charge on any atom is -0.306 e. The van der Waals surface area contributed by atoms with Crippen LogP contribution in [0.25, 0.3) is 5.69 Å². The average Bonchev–Trinajstić information content (AvgIpc) is 2.89. The quantitative estimate of drug-likeness (QED) is 0.792. The van der Waals surface area contributed by atoms with Gasteiger partial charge < -0.3 is 5.32 Å². The summed E-state index contributed by atoms with van der Waals surface area (Å²) in [4.78, 5) is 12.3. The Balaban J connectivity index is 1.90. The number of hydrogen-bond donors (Lipinski definition) is 1. The van der Waals surface area contributed by atoms with E-state index < -0.39 is 0 Å². The molecule has 2 aromatic carbocycles. The summed E-state index contributed by atoms with van der Waals surface area (Å²) in [5, 5.41) is 7.91. The van der Waals surface area contributed by atoms with E-state index in [2.05, 4.69) is 10.4 Å². The molecule has 1 amide bonds. The van der Waals surface area contributed by atoms with Gasteiger partial charge in [0.1, 0.15) is 5.82 Å². The molecule has 0 atom stereocenters. The predicted octanol–water partition coefficient (Wildman–Crippen LogP) is 4.09. The van der Waals surface area contributed by atoms with E-state index in [1.165, 1.54) is 0 Å². The molecule has 0 radical (unpaired) electrons. The van der Waals surface area contributed by atoms with Gasteiger partial charge in [0.05, 0.1) is 11.4 Å². The van der Waals surface area contributed by atoms with Gasteiger partial charge in [-0.1, -0.05) is 29.8 Å². The molecular formula is C17H14ClN3O. The third-order valence-electron chi connectivity index (χ3n) is 3.18. The zero-order valence-electron chi connectivity index (χ0n) is 12.0. The number of hydrogen-bond acceptors (Lipinski definition) is 2. The van der Waals surface area contributed by atoms with Crippen molar-refractivity contribution in [2.45, 2.75) is 6.92 Å². The first kappa shape index (κ1) is 14.4. The summed E-state index contributed by atoms with van der Waals surface area (Å²) in [5.74, 6) is 0.428. The van der Waals surface area contributed by atoms with Crippen LogP contribution in [0.1, 0.15) is 16.1 Å². The highest BCUT2D eigenvalue weighted by Gasteiger charge is 2.12. The number of aryl methyl sites for hydroxylation is 1. The van der Waals surface area contributed by atoms with Gasteiger partial charge in [-0.15, -0.1) is 0 Å². The SMILES string of the molecule is Cc1cc(NC(=O)c2ccc(Cl)cc2)n(-c2ccccc2)n1. The van der Waals surface area contributed by atoms with Crippen molar-refractivity contribution in [2.24, 2.45) is 0 Å². The van der Waals surface area contributed by atoms with E-state index in [1.54, 1.807) is 28.9 Å². The molecule has 110 valence electrons. The van der Waals surface area contributed by atoms with E-state index in [4.69, 9.17) is 11.6 Å². The number of carbonyl (C=O) groups excluding carboxylic acids is 1. The lowest BCUT2D eigenvalue weighted by Gasteiger charge is -2.09. The van der Waals surface area contributed by atoms with E-state index in [-0.39, 0.29) is 5.91 Å². The minimum atomic E-state index is -0.200. The first-order valence-electron chi connectivity index (χ1n) is 6.82. The van der Waals surface area contributed by atoms with Crippen LogP contribution in [-0.4, -0.2) is 15.7 Å². The molecule has 22 heavy (non-hydrogen) atoms. The minimum absolute atomic E-state index is 0.200. The zero-order chi connectivity index (χ0) is 15.5. The third-order valence-corrected chi connectivity index (χ3v) is 3.43. The molecular weight excluding hydrogens is 298 g/mol. The standard InChI is InChI=1S/C17H14ClN3O/c1-12-11-16(21(20-12)15-5-3-2-4-6-15)19-17(22)13-7-9-14(18)10-8-13/h2-11H,1H3,(H,19,22). The Morgan fingerprint density at radius 1 is 1.09 bits per heavy atom. The number of benzene rings is 2. The molecule has 0 saturated heterocycles. The number of nitrogens with one attached hydrogen (secondary N) is 1. The predicted molar refractivity (Wildman–Crippen MR) is 87.7 cm³/mol. The highest BCUT2D eigenvalue weighted by Crippen LogP contribution is 2.18. The van der Waals surface area contributed by atoms with Crippen LogP contribution in [0.2, 0.25) is 5.02 Å². The average molecular weight is 312 g/mol. The van der Waals surface area contributed by atoms with E-state index in [0.29, 0.717) is 16.4 Å². The summed E-state index contributed by atoms with van der Waals surface area (Å²) >= 11 is 5.84. The first-order chi connectivity index (χ1) is 10.6. The van der Waals surface area contributed by atoms with Crippen LogP contribution >= 0.6 is 11.6 Å². The number of para-hydroxylation sites is 1. The lowest BCUT2D eigenvalue weighted by atomic mass is 10.2. The first-order valence-corrected chi connectivity index (χ1v) is 7.20. The van der Waals surface area contributed by atoms with Crippen molar-refractivity contribution in [3.05, 3.63) is 76.9 Å². The number of halogens is 1. The Morgan fingerprint density at radius 3 is 2.45 bits per heavy atom. The Hall–Kier alpha value is -2.59. The Kier molecular flexibility index (Phi) is 3.94. The highest BCUT2D eigenvalue weighted by atomic mass is 35.5. The fourth-order valence-corrected chi connectivity index (χ4v) is 2.27. The monoisotopic (exact) mass is 311 g/mol. The van der Waals surface area contributed by atoms with E-state index >= 15 is 0 Å². The van der Waals surface area contributed by atoms with Crippen LogP contribution in [0.3, 0.4) is 0 Å². The lowest BCUT2D eigenvalue weighted by molar-refractivity contribution is 0.102. The highest BCUT2D eigenvalue weighted by molar-refractivity contribution is 6.30. The van der Waals surface area contributed by atoms with Gasteiger partial charge in [-0.2, -0.15) is 5.10 Å². The number of carbonyl (C=O) groups is 1. The number of amides is 1. The summed E-state index contributed by atoms with van der Waals surface area (Å²) in [6, 6.07) is 18.3. The fraction of sp³-hybridized carbons (Fsp3) is 0.0588. The molecule has 0 saturated carbocycles. The summed E-state index contributed by atoms with van der Waals surface area (Å²) in [6.45, 7) is 1.89. The molecule has 1 N–H and O–H groups in total. The van der Waals surface area contributed by atoms with E-state index in [9.17, 15) is 4.79 Å². The third kappa shape index (κ3) is 3.02. The maximum Gasteiger partial charge on any atom is 0.256 e. The summed E-state index contributed by atoms with van der Waals surface area (Å²) < 4.78 is 1.71. The molecule has 3 aromatic rings. The van der Waals surface area contributed by atoms with Crippen LogP contribution in [0, 0.1) is 6.92 Å². The molecule has 5 heteroatoms. The normalized spacial score (nSPS) is 10.5. The van der Waals surface area contributed by atoms with Gasteiger partial charge in [0, 0.05) is 16.7 Å². The van der Waals surface area contributed by atoms with Gasteiger partial charge >= 0.3 is 0 Å². The van der Waals surface area contributed by atoms with E-state index in [0.717, 1.165) is 11.4 Å². The number of nitrogens with zero attached hydrogens (tertiary/aromatic N) is 2. The van der Waals surface area contributed by atoms with Gasteiger partial charge in [0.15, 0.2) is 0 Å². The molecule has 0 aliphatic rings. The zero-order valence-corrected chi connectivity index (χ0v) is 12.7. The van der Waals surface area contributed by atoms with Crippen LogP contribution < -0.4 is 5.32 Å². The topological polar surface area (TPSA) is 46.9 Å². The van der Waals surface area contributed by atoms with Crippen LogP contribution in [0.5, 0.6) is 0 Å². The smallest absolute Gasteiger partial charge is 0.256 e. The largest absolute Gasteiger partial charge is 0.306 e. The lowest BCUT2D eigenvalue weighted by Crippen LogP contribution is -2.15. The van der Waals surface area contributed by atoms with Crippen molar-refractivity contribution in [3.63, 3.8) is 0 Å². The molecule has 1 heterocycles. The molecule has 0 unspecified atom stereocenters. The maximum absolute atomic E-state index is 12.3. The molecule has 0 fully saturated rings. The van der Waals surface area contributed by atoms with Gasteiger partial charge in [-0.3, -0.25) is 4.79 Å². The second kappa shape index (κ2) is 6.03. The van der Waals surface area contributed by atoms with E-state index in [1.807, 2.05) is 43.3 Å². The van der Waals surface area contributed by atoms with Crippen molar-refractivity contribution in [3.8, 4) is 5.69 Å². The molecule has 0 bridgehead atoms. The van der Waals surface area contributed by atoms with Gasteiger partial charge in [0.2, 0.25) is 0 Å². The van der Waals surface area contributed by atoms with Gasteiger partial charge in [0.25, 0.3) is 5.91 Å². The summed E-state index contributed by atoms with van der Waals surface area (Å²) in [6.07, 6.45) is 0. The van der Waals surface area contributed by atoms with Crippen LogP contribution in [0.4, 0.5) is 5.82 Å². The maximum atomic E-state index is 12.3. The number of anilines is 1. The molecule has 3 rings (SSSR count). The van der Waals surface area contributed by atoms with Crippen LogP contribution in [-0.2, 0) is 0 Å². The Bertz CT molecular complexity index is 795. The molecule has 0 aliphatic carbocycles. The van der Waals surface area contributed by atoms with Crippen molar-refractivity contribution in [1.29, 1.82) is 0 Å². The van der Waals surface area contributed by atoms with Gasteiger partial charge in [-0.05, 0) is 43.3 Å². The van der Waals surface area contributed by atoms with Crippen LogP contribution in [0.15, 0.2) is 60.7 Å². The second-order valence-corrected chi connectivity index (χ2v) is 5.32.